The minimum absolute atomic E-state index is 0.000908. The van der Waals surface area contributed by atoms with E-state index >= 15 is 4.79 Å². The first-order valence-electron chi connectivity index (χ1n) is 25.9. The maximum absolute atomic E-state index is 15.5. The van der Waals surface area contributed by atoms with Gasteiger partial charge in [0.1, 0.15) is 56.4 Å². The molecule has 14 atom stereocenters. The molecular weight excluding hydrogens is 1070 g/mol. The molecule has 3 aliphatic rings. The highest BCUT2D eigenvalue weighted by Crippen LogP contribution is 2.42. The molecule has 25 heteroatoms. The van der Waals surface area contributed by atoms with Crippen LogP contribution in [0.1, 0.15) is 82.8 Å². The molecule has 3 aromatic rings. The third-order valence-corrected chi connectivity index (χ3v) is 12.6. The lowest BCUT2D eigenvalue weighted by atomic mass is 9.87. The summed E-state index contributed by atoms with van der Waals surface area (Å²) in [4.78, 5) is 120. The Labute approximate surface area is 466 Å². The summed E-state index contributed by atoms with van der Waals surface area (Å²) in [5, 5.41) is 14.4. The standard InChI is InChI=1S/C56H67NO24/c1-31(58)57-46-42(73-33(3)60)25-56(55(67)72-27-39-19-13-9-14-20-39,80-50(46)48(75-35(5)62)44(74-34(4)61)29-70-32(2)59)81-51-49(76-36(6)63)45(30-71-53(66)40-21-15-10-16-22-40)79-54(52(51)77-37(7)64)78-41-23-24-69-43(47(41)65)28-68-26-38-17-11-8-12-18-38/h8-22,41-52,54,65H,23-30H2,1-7H3,(H,57,58)/t41-,42+,43-,44-,45-,46-,47-,48-,49+,50-,51+,52-,54-,56+/m1/s1. The van der Waals surface area contributed by atoms with Crippen LogP contribution in [0, 0.1) is 0 Å². The van der Waals surface area contributed by atoms with Gasteiger partial charge in [-0.25, -0.2) is 9.59 Å². The number of nitrogens with one attached hydrogen (secondary N) is 1. The number of esters is 8. The first kappa shape index (κ1) is 62.8. The summed E-state index contributed by atoms with van der Waals surface area (Å²) in [6.07, 6.45) is -21.8. The fraction of sp³-hybridized carbons (Fsp3) is 0.518. The van der Waals surface area contributed by atoms with Gasteiger partial charge in [-0.2, -0.15) is 0 Å². The van der Waals surface area contributed by atoms with Crippen LogP contribution in [0.15, 0.2) is 91.0 Å². The molecule has 1 amide bonds. The molecular formula is C56H67NO24. The second-order valence-corrected chi connectivity index (χ2v) is 19.1. The molecule has 0 bridgehead atoms. The van der Waals surface area contributed by atoms with E-state index in [9.17, 15) is 43.5 Å². The van der Waals surface area contributed by atoms with E-state index in [0.717, 1.165) is 54.0 Å². The summed E-state index contributed by atoms with van der Waals surface area (Å²) >= 11 is 0. The molecule has 3 heterocycles. The van der Waals surface area contributed by atoms with Crippen LogP contribution in [0.5, 0.6) is 0 Å². The first-order chi connectivity index (χ1) is 38.6. The van der Waals surface area contributed by atoms with Gasteiger partial charge in [-0.05, 0) is 29.7 Å². The Balaban J connectivity index is 1.53. The molecule has 0 aromatic heterocycles. The van der Waals surface area contributed by atoms with Crippen LogP contribution in [-0.2, 0) is 118 Å². The van der Waals surface area contributed by atoms with Gasteiger partial charge in [-0.3, -0.25) is 33.6 Å². The average molecular weight is 1140 g/mol. The molecule has 0 radical (unpaired) electrons. The third-order valence-electron chi connectivity index (χ3n) is 12.6. The number of carbonyl (C=O) groups is 9. The number of aliphatic hydroxyl groups excluding tert-OH is 1. The lowest BCUT2D eigenvalue weighted by molar-refractivity contribution is -0.377. The van der Waals surface area contributed by atoms with Crippen LogP contribution in [-0.4, -0.2) is 170 Å². The van der Waals surface area contributed by atoms with Gasteiger partial charge in [-0.1, -0.05) is 78.9 Å². The minimum Gasteiger partial charge on any atom is -0.462 e. The van der Waals surface area contributed by atoms with Crippen molar-refractivity contribution in [2.24, 2.45) is 0 Å². The molecule has 3 aliphatic heterocycles. The van der Waals surface area contributed by atoms with Crippen molar-refractivity contribution in [1.82, 2.24) is 5.32 Å². The van der Waals surface area contributed by atoms with Crippen LogP contribution < -0.4 is 5.32 Å². The molecule has 0 saturated carbocycles. The quantitative estimate of drug-likeness (QED) is 0.0962. The minimum atomic E-state index is -3.08. The number of ether oxygens (including phenoxy) is 14. The maximum atomic E-state index is 15.5. The van der Waals surface area contributed by atoms with Gasteiger partial charge in [0.25, 0.3) is 5.79 Å². The van der Waals surface area contributed by atoms with Crippen LogP contribution in [0.25, 0.3) is 0 Å². The zero-order chi connectivity index (χ0) is 58.8. The van der Waals surface area contributed by atoms with Crippen LogP contribution in [0.2, 0.25) is 0 Å². The largest absolute Gasteiger partial charge is 0.462 e. The molecule has 0 aliphatic carbocycles. The number of carbonyl (C=O) groups excluding carboxylic acids is 9. The number of hydrogen-bond donors (Lipinski definition) is 2. The van der Waals surface area contributed by atoms with E-state index in [-0.39, 0.29) is 31.8 Å². The highest BCUT2D eigenvalue weighted by molar-refractivity contribution is 5.89. The second-order valence-electron chi connectivity index (χ2n) is 19.1. The van der Waals surface area contributed by atoms with E-state index in [0.29, 0.717) is 5.56 Å². The van der Waals surface area contributed by atoms with Gasteiger partial charge in [0.05, 0.1) is 37.3 Å². The molecule has 3 aromatic carbocycles. The van der Waals surface area contributed by atoms with E-state index in [1.807, 2.05) is 30.3 Å². The number of benzene rings is 3. The summed E-state index contributed by atoms with van der Waals surface area (Å²) in [6, 6.07) is 23.5. The molecule has 440 valence electrons. The van der Waals surface area contributed by atoms with Gasteiger partial charge >= 0.3 is 47.8 Å². The smallest absolute Gasteiger partial charge is 0.367 e. The molecule has 0 unspecified atom stereocenters. The van der Waals surface area contributed by atoms with Crippen LogP contribution in [0.4, 0.5) is 0 Å². The predicted molar refractivity (Wildman–Crippen MR) is 272 cm³/mol. The molecule has 25 nitrogen and oxygen atoms in total. The van der Waals surface area contributed by atoms with Crippen molar-refractivity contribution in [3.8, 4) is 0 Å². The van der Waals surface area contributed by atoms with Crippen molar-refractivity contribution in [1.29, 1.82) is 0 Å². The van der Waals surface area contributed by atoms with Gasteiger partial charge in [-0.15, -0.1) is 0 Å². The summed E-state index contributed by atoms with van der Waals surface area (Å²) in [5.41, 5.74) is 1.36. The van der Waals surface area contributed by atoms with Crippen LogP contribution >= 0.6 is 0 Å². The van der Waals surface area contributed by atoms with Gasteiger partial charge in [0.2, 0.25) is 5.91 Å². The number of rotatable bonds is 24. The summed E-state index contributed by atoms with van der Waals surface area (Å²) in [6.45, 7) is 5.00. The highest BCUT2D eigenvalue weighted by atomic mass is 16.8. The van der Waals surface area contributed by atoms with Crippen molar-refractivity contribution in [3.63, 3.8) is 0 Å². The van der Waals surface area contributed by atoms with Crippen molar-refractivity contribution in [2.45, 2.75) is 160 Å². The summed E-state index contributed by atoms with van der Waals surface area (Å²) in [7, 11) is 0. The van der Waals surface area contributed by atoms with Crippen molar-refractivity contribution >= 4 is 53.7 Å². The Morgan fingerprint density at radius 1 is 0.630 bits per heavy atom. The maximum Gasteiger partial charge on any atom is 0.367 e. The lowest BCUT2D eigenvalue weighted by Crippen LogP contribution is -2.72. The van der Waals surface area contributed by atoms with Gasteiger partial charge < -0.3 is 76.7 Å². The fourth-order valence-corrected chi connectivity index (χ4v) is 9.32. The van der Waals surface area contributed by atoms with Crippen LogP contribution in [0.3, 0.4) is 0 Å². The third kappa shape index (κ3) is 18.3. The normalized spacial score (nSPS) is 26.9. The molecule has 2 N–H and O–H groups in total. The van der Waals surface area contributed by atoms with E-state index in [1.54, 1.807) is 48.5 Å². The number of aliphatic hydroxyl groups is 1. The fourth-order valence-electron chi connectivity index (χ4n) is 9.32. The lowest BCUT2D eigenvalue weighted by Gasteiger charge is -2.52. The van der Waals surface area contributed by atoms with E-state index < -0.39 is 165 Å². The molecule has 3 fully saturated rings. The topological polar surface area (TPSA) is 315 Å². The zero-order valence-corrected chi connectivity index (χ0v) is 45.7. The van der Waals surface area contributed by atoms with Gasteiger partial charge in [0, 0.05) is 55.1 Å². The second kappa shape index (κ2) is 29.9. The SMILES string of the molecule is CC(=O)N[C@H]1[C@H]([C@H](OC(C)=O)[C@@H](COC(C)=O)OC(C)=O)O[C@@](O[C@H]2[C@@H](OC(C)=O)[C@@H](COC(=O)c3ccccc3)O[C@@H](O[C@@H]3CCO[C@H](COCc4ccccc4)[C@@H]3O)[C@@H]2OC(C)=O)(C(=O)OCc2ccccc2)C[C@@H]1OC(C)=O. The zero-order valence-electron chi connectivity index (χ0n) is 45.7. The molecule has 0 spiro atoms. The van der Waals surface area contributed by atoms with E-state index in [4.69, 9.17) is 66.3 Å². The van der Waals surface area contributed by atoms with Crippen molar-refractivity contribution in [3.05, 3.63) is 108 Å². The van der Waals surface area contributed by atoms with Crippen molar-refractivity contribution in [2.75, 3.05) is 26.4 Å². The highest BCUT2D eigenvalue weighted by Gasteiger charge is 2.64. The Bertz CT molecular complexity index is 2620. The first-order valence-corrected chi connectivity index (χ1v) is 25.9. The van der Waals surface area contributed by atoms with E-state index in [2.05, 4.69) is 5.32 Å². The van der Waals surface area contributed by atoms with Gasteiger partial charge in [0.15, 0.2) is 30.7 Å². The molecule has 81 heavy (non-hydrogen) atoms. The predicted octanol–water partition coefficient (Wildman–Crippen LogP) is 2.66. The number of amides is 1. The molecule has 6 rings (SSSR count). The molecule has 3 saturated heterocycles. The summed E-state index contributed by atoms with van der Waals surface area (Å²) < 4.78 is 84.3. The Morgan fingerprint density at radius 2 is 1.22 bits per heavy atom. The van der Waals surface area contributed by atoms with E-state index in [1.165, 1.54) is 12.1 Å². The Kier molecular flexibility index (Phi) is 23.2. The summed E-state index contributed by atoms with van der Waals surface area (Å²) in [5.74, 6) is -12.2. The average Bonchev–Trinajstić information content (AvgIpc) is 3.45. The Hall–Kier alpha value is -7.39. The Morgan fingerprint density at radius 3 is 1.80 bits per heavy atom. The monoisotopic (exact) mass is 1140 g/mol. The van der Waals surface area contributed by atoms with Crippen molar-refractivity contribution < 1.29 is 115 Å². The number of hydrogen-bond acceptors (Lipinski definition) is 24.